The Morgan fingerprint density at radius 3 is 2.50 bits per heavy atom. The van der Waals surface area contributed by atoms with Crippen molar-refractivity contribution in [1.82, 2.24) is 4.90 Å². The van der Waals surface area contributed by atoms with Gasteiger partial charge in [0.15, 0.2) is 11.5 Å². The van der Waals surface area contributed by atoms with Crippen LogP contribution in [0.4, 0.5) is 0 Å². The Hall–Kier alpha value is -1.26. The first kappa shape index (κ1) is 17.6. The van der Waals surface area contributed by atoms with E-state index in [-0.39, 0.29) is 12.2 Å². The molecule has 0 aromatic heterocycles. The second-order valence-corrected chi connectivity index (χ2v) is 7.39. The van der Waals surface area contributed by atoms with Gasteiger partial charge in [-0.3, -0.25) is 4.90 Å². The minimum atomic E-state index is -0.0660. The van der Waals surface area contributed by atoms with E-state index >= 15 is 0 Å². The molecular weight excluding hydrogens is 302 g/mol. The molecule has 0 spiro atoms. The second-order valence-electron chi connectivity index (χ2n) is 7.39. The third kappa shape index (κ3) is 4.04. The number of benzene rings is 1. The minimum Gasteiger partial charge on any atom is -0.490 e. The van der Waals surface area contributed by atoms with Gasteiger partial charge in [-0.2, -0.15) is 0 Å². The quantitative estimate of drug-likeness (QED) is 0.830. The molecule has 2 aliphatic rings. The van der Waals surface area contributed by atoms with Crippen LogP contribution in [-0.4, -0.2) is 41.9 Å². The van der Waals surface area contributed by atoms with Crippen molar-refractivity contribution < 1.29 is 14.6 Å². The standard InChI is InChI=1S/C20H31NO3/c1-4-14(3)24-19-7-6-15(8-20(19)23-5-2)11-21-12-16-9-18(22)10-17(16)13-21/h6-8,14,16-18,22H,4-5,9-13H2,1-3H3/t14?,16-,17+,18?. The number of hydrogen-bond acceptors (Lipinski definition) is 4. The van der Waals surface area contributed by atoms with Crippen molar-refractivity contribution in [2.75, 3.05) is 19.7 Å². The Bertz CT molecular complexity index is 534. The lowest BCUT2D eigenvalue weighted by Gasteiger charge is -2.20. The SMILES string of the molecule is CCOc1cc(CN2C[C@H]3CC(O)C[C@H]3C2)ccc1OC(C)CC. The van der Waals surface area contributed by atoms with Gasteiger partial charge in [0, 0.05) is 19.6 Å². The van der Waals surface area contributed by atoms with Crippen LogP contribution < -0.4 is 9.47 Å². The van der Waals surface area contributed by atoms with E-state index in [1.165, 1.54) is 5.56 Å². The molecular formula is C20H31NO3. The molecule has 4 atom stereocenters. The number of likely N-dealkylation sites (tertiary alicyclic amines) is 1. The van der Waals surface area contributed by atoms with E-state index in [9.17, 15) is 5.11 Å². The van der Waals surface area contributed by atoms with Crippen molar-refractivity contribution in [3.63, 3.8) is 0 Å². The zero-order chi connectivity index (χ0) is 17.1. The van der Waals surface area contributed by atoms with Crippen LogP contribution in [-0.2, 0) is 6.54 Å². The van der Waals surface area contributed by atoms with Crippen molar-refractivity contribution in [2.45, 2.75) is 58.8 Å². The normalized spacial score (nSPS) is 27.9. The van der Waals surface area contributed by atoms with Crippen LogP contribution in [0.5, 0.6) is 11.5 Å². The first-order chi connectivity index (χ1) is 11.6. The molecule has 24 heavy (non-hydrogen) atoms. The van der Waals surface area contributed by atoms with Crippen molar-refractivity contribution in [3.8, 4) is 11.5 Å². The van der Waals surface area contributed by atoms with E-state index in [2.05, 4.69) is 30.9 Å². The highest BCUT2D eigenvalue weighted by atomic mass is 16.5. The summed E-state index contributed by atoms with van der Waals surface area (Å²) in [6.07, 6.45) is 3.07. The molecule has 1 aliphatic heterocycles. The number of rotatable bonds is 7. The van der Waals surface area contributed by atoms with Gasteiger partial charge < -0.3 is 14.6 Å². The molecule has 4 nitrogen and oxygen atoms in total. The fraction of sp³-hybridized carbons (Fsp3) is 0.700. The zero-order valence-corrected chi connectivity index (χ0v) is 15.2. The van der Waals surface area contributed by atoms with Gasteiger partial charge in [0.25, 0.3) is 0 Å². The molecule has 1 saturated carbocycles. The molecule has 1 aliphatic carbocycles. The highest BCUT2D eigenvalue weighted by molar-refractivity contribution is 5.43. The molecule has 1 N–H and O–H groups in total. The van der Waals surface area contributed by atoms with Crippen molar-refractivity contribution in [3.05, 3.63) is 23.8 Å². The molecule has 1 aromatic rings. The number of aliphatic hydroxyl groups excluding tert-OH is 1. The molecule has 134 valence electrons. The summed E-state index contributed by atoms with van der Waals surface area (Å²) >= 11 is 0. The maximum absolute atomic E-state index is 9.78. The van der Waals surface area contributed by atoms with Gasteiger partial charge in [-0.05, 0) is 62.6 Å². The number of ether oxygens (including phenoxy) is 2. The summed E-state index contributed by atoms with van der Waals surface area (Å²) in [5.74, 6) is 3.06. The third-order valence-electron chi connectivity index (χ3n) is 5.42. The molecule has 0 radical (unpaired) electrons. The monoisotopic (exact) mass is 333 g/mol. The van der Waals surface area contributed by atoms with Gasteiger partial charge in [-0.25, -0.2) is 0 Å². The Kier molecular flexibility index (Phi) is 5.67. The summed E-state index contributed by atoms with van der Waals surface area (Å²) in [6.45, 7) is 10.0. The van der Waals surface area contributed by atoms with Crippen LogP contribution in [0, 0.1) is 11.8 Å². The summed E-state index contributed by atoms with van der Waals surface area (Å²) in [5.41, 5.74) is 1.27. The number of aliphatic hydroxyl groups is 1. The van der Waals surface area contributed by atoms with Gasteiger partial charge >= 0.3 is 0 Å². The minimum absolute atomic E-state index is 0.0660. The highest BCUT2D eigenvalue weighted by Crippen LogP contribution is 2.39. The van der Waals surface area contributed by atoms with Crippen LogP contribution in [0.2, 0.25) is 0 Å². The van der Waals surface area contributed by atoms with E-state index in [0.29, 0.717) is 18.4 Å². The van der Waals surface area contributed by atoms with Crippen LogP contribution in [0.3, 0.4) is 0 Å². The molecule has 4 heteroatoms. The Morgan fingerprint density at radius 1 is 1.17 bits per heavy atom. The van der Waals surface area contributed by atoms with Gasteiger partial charge in [0.2, 0.25) is 0 Å². The Morgan fingerprint density at radius 2 is 1.88 bits per heavy atom. The summed E-state index contributed by atoms with van der Waals surface area (Å²) in [6, 6.07) is 6.33. The van der Waals surface area contributed by atoms with E-state index in [0.717, 1.165) is 50.4 Å². The lowest BCUT2D eigenvalue weighted by atomic mass is 10.0. The first-order valence-electron chi connectivity index (χ1n) is 9.41. The van der Waals surface area contributed by atoms with Crippen molar-refractivity contribution >= 4 is 0 Å². The highest BCUT2D eigenvalue weighted by Gasteiger charge is 2.39. The van der Waals surface area contributed by atoms with Crippen LogP contribution >= 0.6 is 0 Å². The lowest BCUT2D eigenvalue weighted by Crippen LogP contribution is -2.22. The number of fused-ring (bicyclic) bond motifs is 1. The summed E-state index contributed by atoms with van der Waals surface area (Å²) in [4.78, 5) is 2.52. The van der Waals surface area contributed by atoms with Gasteiger partial charge in [-0.15, -0.1) is 0 Å². The zero-order valence-electron chi connectivity index (χ0n) is 15.2. The van der Waals surface area contributed by atoms with E-state index < -0.39 is 0 Å². The summed E-state index contributed by atoms with van der Waals surface area (Å²) < 4.78 is 11.8. The molecule has 1 heterocycles. The largest absolute Gasteiger partial charge is 0.490 e. The maximum Gasteiger partial charge on any atom is 0.161 e. The van der Waals surface area contributed by atoms with Crippen LogP contribution in [0.15, 0.2) is 18.2 Å². The Labute approximate surface area is 145 Å². The van der Waals surface area contributed by atoms with Gasteiger partial charge in [-0.1, -0.05) is 13.0 Å². The average Bonchev–Trinajstić information content (AvgIpc) is 3.06. The lowest BCUT2D eigenvalue weighted by molar-refractivity contribution is 0.161. The molecule has 2 unspecified atom stereocenters. The molecule has 2 fully saturated rings. The Balaban J connectivity index is 1.65. The van der Waals surface area contributed by atoms with E-state index in [1.54, 1.807) is 0 Å². The van der Waals surface area contributed by atoms with Crippen molar-refractivity contribution in [1.29, 1.82) is 0 Å². The smallest absolute Gasteiger partial charge is 0.161 e. The van der Waals surface area contributed by atoms with Gasteiger partial charge in [0.05, 0.1) is 18.8 Å². The number of hydrogen-bond donors (Lipinski definition) is 1. The van der Waals surface area contributed by atoms with Gasteiger partial charge in [0.1, 0.15) is 0 Å². The fourth-order valence-corrected chi connectivity index (χ4v) is 4.07. The average molecular weight is 333 g/mol. The molecule has 0 bridgehead atoms. The van der Waals surface area contributed by atoms with Crippen LogP contribution in [0.1, 0.15) is 45.6 Å². The molecule has 3 rings (SSSR count). The summed E-state index contributed by atoms with van der Waals surface area (Å²) in [5, 5.41) is 9.78. The fourth-order valence-electron chi connectivity index (χ4n) is 4.07. The summed E-state index contributed by atoms with van der Waals surface area (Å²) in [7, 11) is 0. The predicted molar refractivity (Wildman–Crippen MR) is 95.5 cm³/mol. The number of nitrogens with zero attached hydrogens (tertiary/aromatic N) is 1. The van der Waals surface area contributed by atoms with Crippen LogP contribution in [0.25, 0.3) is 0 Å². The van der Waals surface area contributed by atoms with E-state index in [4.69, 9.17) is 9.47 Å². The van der Waals surface area contributed by atoms with E-state index in [1.807, 2.05) is 13.0 Å². The first-order valence-corrected chi connectivity index (χ1v) is 9.41. The molecule has 0 amide bonds. The topological polar surface area (TPSA) is 41.9 Å². The van der Waals surface area contributed by atoms with Crippen molar-refractivity contribution in [2.24, 2.45) is 11.8 Å². The molecule has 1 saturated heterocycles. The maximum atomic E-state index is 9.78. The second kappa shape index (κ2) is 7.75. The molecule has 1 aromatic carbocycles. The predicted octanol–water partition coefficient (Wildman–Crippen LogP) is 3.47. The third-order valence-corrected chi connectivity index (χ3v) is 5.42.